The highest BCUT2D eigenvalue weighted by atomic mass is 35.5. The largest absolute Gasteiger partial charge is 0.368 e. The first-order valence-electron chi connectivity index (χ1n) is 9.72. The molecule has 0 aliphatic carbocycles. The summed E-state index contributed by atoms with van der Waals surface area (Å²) >= 11 is 5.86. The van der Waals surface area contributed by atoms with Crippen molar-refractivity contribution >= 4 is 23.2 Å². The number of carbonyl (C=O) groups excluding carboxylic acids is 1. The van der Waals surface area contributed by atoms with E-state index in [4.69, 9.17) is 11.6 Å². The van der Waals surface area contributed by atoms with Crippen LogP contribution in [-0.2, 0) is 6.54 Å². The fourth-order valence-corrected chi connectivity index (χ4v) is 3.67. The number of nitrogens with zero attached hydrogens (tertiary/aromatic N) is 4. The Balaban J connectivity index is 1.45. The zero-order chi connectivity index (χ0) is 22.0. The van der Waals surface area contributed by atoms with Crippen LogP contribution in [0.2, 0.25) is 5.02 Å². The monoisotopic (exact) mass is 444 g/mol. The van der Waals surface area contributed by atoms with E-state index in [1.54, 1.807) is 29.2 Å². The summed E-state index contributed by atoms with van der Waals surface area (Å²) in [4.78, 5) is 28.7. The van der Waals surface area contributed by atoms with Gasteiger partial charge in [-0.05, 0) is 42.0 Å². The molecule has 0 radical (unpaired) electrons. The van der Waals surface area contributed by atoms with Crippen molar-refractivity contribution < 1.29 is 13.6 Å². The molecule has 6 nitrogen and oxygen atoms in total. The Morgan fingerprint density at radius 1 is 1.00 bits per heavy atom. The van der Waals surface area contributed by atoms with E-state index in [-0.39, 0.29) is 28.7 Å². The van der Waals surface area contributed by atoms with Crippen LogP contribution in [0.3, 0.4) is 0 Å². The van der Waals surface area contributed by atoms with Crippen LogP contribution in [0.5, 0.6) is 0 Å². The quantitative estimate of drug-likeness (QED) is 0.620. The van der Waals surface area contributed by atoms with Gasteiger partial charge in [-0.2, -0.15) is 5.10 Å². The lowest BCUT2D eigenvalue weighted by Gasteiger charge is -2.36. The minimum absolute atomic E-state index is 0.0563. The van der Waals surface area contributed by atoms with Crippen LogP contribution in [0.4, 0.5) is 14.5 Å². The van der Waals surface area contributed by atoms with Gasteiger partial charge in [-0.1, -0.05) is 23.7 Å². The normalized spacial score (nSPS) is 14.0. The molecule has 1 aromatic heterocycles. The van der Waals surface area contributed by atoms with E-state index >= 15 is 0 Å². The lowest BCUT2D eigenvalue weighted by molar-refractivity contribution is 0.0738. The fourth-order valence-electron chi connectivity index (χ4n) is 3.50. The van der Waals surface area contributed by atoms with Gasteiger partial charge in [0.1, 0.15) is 17.3 Å². The third kappa shape index (κ3) is 4.74. The second kappa shape index (κ2) is 8.85. The number of piperazine rings is 1. The number of halogens is 3. The number of carbonyl (C=O) groups is 1. The first-order valence-corrected chi connectivity index (χ1v) is 10.1. The summed E-state index contributed by atoms with van der Waals surface area (Å²) in [6.07, 6.45) is 0. The molecule has 0 spiro atoms. The molecular weight excluding hydrogens is 426 g/mol. The minimum Gasteiger partial charge on any atom is -0.368 e. The number of aromatic nitrogens is 2. The van der Waals surface area contributed by atoms with Crippen molar-refractivity contribution in [3.63, 3.8) is 0 Å². The molecule has 1 aliphatic heterocycles. The van der Waals surface area contributed by atoms with Gasteiger partial charge in [-0.3, -0.25) is 9.59 Å². The van der Waals surface area contributed by atoms with Crippen LogP contribution >= 0.6 is 11.6 Å². The molecule has 31 heavy (non-hydrogen) atoms. The maximum absolute atomic E-state index is 13.4. The lowest BCUT2D eigenvalue weighted by atomic mass is 10.2. The van der Waals surface area contributed by atoms with E-state index in [1.165, 1.54) is 30.3 Å². The Morgan fingerprint density at radius 2 is 1.77 bits per heavy atom. The molecular formula is C22H19ClF2N4O2. The first-order chi connectivity index (χ1) is 14.9. The van der Waals surface area contributed by atoms with Crippen molar-refractivity contribution in [2.45, 2.75) is 6.54 Å². The van der Waals surface area contributed by atoms with Gasteiger partial charge in [-0.25, -0.2) is 13.5 Å². The number of benzene rings is 2. The second-order valence-electron chi connectivity index (χ2n) is 7.22. The summed E-state index contributed by atoms with van der Waals surface area (Å²) in [5, 5.41) is 4.24. The van der Waals surface area contributed by atoms with Crippen LogP contribution in [0, 0.1) is 11.6 Å². The Bertz CT molecular complexity index is 1180. The molecule has 1 fully saturated rings. The second-order valence-corrected chi connectivity index (χ2v) is 7.63. The Morgan fingerprint density at radius 3 is 2.48 bits per heavy atom. The predicted octanol–water partition coefficient (Wildman–Crippen LogP) is 3.19. The van der Waals surface area contributed by atoms with Crippen LogP contribution in [-0.4, -0.2) is 46.8 Å². The van der Waals surface area contributed by atoms with Gasteiger partial charge in [0.05, 0.1) is 11.6 Å². The molecule has 2 heterocycles. The smallest absolute Gasteiger partial charge is 0.274 e. The van der Waals surface area contributed by atoms with Crippen LogP contribution in [0.1, 0.15) is 16.1 Å². The topological polar surface area (TPSA) is 58.4 Å². The molecule has 0 N–H and O–H groups in total. The molecule has 0 bridgehead atoms. The number of anilines is 1. The SMILES string of the molecule is O=C(c1ccc(=O)n(Cc2cccc(F)c2)n1)N1CCN(c2ccc(F)c(Cl)c2)CC1. The summed E-state index contributed by atoms with van der Waals surface area (Å²) in [7, 11) is 0. The van der Waals surface area contributed by atoms with Gasteiger partial charge in [-0.15, -0.1) is 0 Å². The molecule has 0 atom stereocenters. The van der Waals surface area contributed by atoms with E-state index in [0.29, 0.717) is 31.7 Å². The average molecular weight is 445 g/mol. The van der Waals surface area contributed by atoms with Crippen molar-refractivity contribution in [2.75, 3.05) is 31.1 Å². The maximum Gasteiger partial charge on any atom is 0.274 e. The molecule has 2 aromatic carbocycles. The van der Waals surface area contributed by atoms with Crippen molar-refractivity contribution in [1.82, 2.24) is 14.7 Å². The summed E-state index contributed by atoms with van der Waals surface area (Å²) in [5.74, 6) is -1.17. The van der Waals surface area contributed by atoms with Gasteiger partial charge in [0.25, 0.3) is 11.5 Å². The van der Waals surface area contributed by atoms with E-state index in [1.807, 2.05) is 4.90 Å². The van der Waals surface area contributed by atoms with Gasteiger partial charge < -0.3 is 9.80 Å². The van der Waals surface area contributed by atoms with E-state index in [9.17, 15) is 18.4 Å². The van der Waals surface area contributed by atoms with Crippen molar-refractivity contribution in [1.29, 1.82) is 0 Å². The number of rotatable bonds is 4. The molecule has 160 valence electrons. The fraction of sp³-hybridized carbons (Fsp3) is 0.227. The van der Waals surface area contributed by atoms with E-state index in [2.05, 4.69) is 5.10 Å². The van der Waals surface area contributed by atoms with Gasteiger partial charge in [0, 0.05) is 37.9 Å². The Labute approximate surface area is 182 Å². The van der Waals surface area contributed by atoms with Crippen LogP contribution < -0.4 is 10.5 Å². The summed E-state index contributed by atoms with van der Waals surface area (Å²) in [5.41, 5.74) is 1.14. The molecule has 3 aromatic rings. The van der Waals surface area contributed by atoms with Crippen LogP contribution in [0.15, 0.2) is 59.4 Å². The zero-order valence-electron chi connectivity index (χ0n) is 16.5. The number of amides is 1. The van der Waals surface area contributed by atoms with E-state index in [0.717, 1.165) is 10.4 Å². The maximum atomic E-state index is 13.4. The minimum atomic E-state index is -0.473. The third-order valence-corrected chi connectivity index (χ3v) is 5.43. The molecule has 1 aliphatic rings. The number of hydrogen-bond acceptors (Lipinski definition) is 4. The standard InChI is InChI=1S/C22H19ClF2N4O2/c23-18-13-17(4-5-19(18)25)27-8-10-28(11-9-27)22(31)20-6-7-21(30)29(26-20)14-15-2-1-3-16(24)12-15/h1-7,12-13H,8-11,14H2. The highest BCUT2D eigenvalue weighted by Crippen LogP contribution is 2.23. The molecule has 1 saturated heterocycles. The number of hydrogen-bond donors (Lipinski definition) is 0. The average Bonchev–Trinajstić information content (AvgIpc) is 2.77. The predicted molar refractivity (Wildman–Crippen MR) is 114 cm³/mol. The third-order valence-electron chi connectivity index (χ3n) is 5.14. The highest BCUT2D eigenvalue weighted by Gasteiger charge is 2.24. The Hall–Kier alpha value is -3.26. The van der Waals surface area contributed by atoms with Gasteiger partial charge >= 0.3 is 0 Å². The van der Waals surface area contributed by atoms with Gasteiger partial charge in [0.15, 0.2) is 0 Å². The molecule has 0 unspecified atom stereocenters. The van der Waals surface area contributed by atoms with Crippen molar-refractivity contribution in [2.24, 2.45) is 0 Å². The summed E-state index contributed by atoms with van der Waals surface area (Å²) in [6.45, 7) is 2.06. The molecule has 1 amide bonds. The lowest BCUT2D eigenvalue weighted by Crippen LogP contribution is -2.49. The first kappa shape index (κ1) is 21.0. The molecule has 9 heteroatoms. The molecule has 0 saturated carbocycles. The Kier molecular flexibility index (Phi) is 5.99. The van der Waals surface area contributed by atoms with Crippen molar-refractivity contribution in [3.05, 3.63) is 92.9 Å². The van der Waals surface area contributed by atoms with Crippen molar-refractivity contribution in [3.8, 4) is 0 Å². The summed E-state index contributed by atoms with van der Waals surface area (Å²) in [6, 6.07) is 13.1. The summed E-state index contributed by atoms with van der Waals surface area (Å²) < 4.78 is 28.0. The van der Waals surface area contributed by atoms with E-state index < -0.39 is 11.6 Å². The zero-order valence-corrected chi connectivity index (χ0v) is 17.2. The van der Waals surface area contributed by atoms with Gasteiger partial charge in [0.2, 0.25) is 0 Å². The van der Waals surface area contributed by atoms with Crippen LogP contribution in [0.25, 0.3) is 0 Å². The molecule has 4 rings (SSSR count). The highest BCUT2D eigenvalue weighted by molar-refractivity contribution is 6.31.